The molecule has 0 saturated carbocycles. The third-order valence-corrected chi connectivity index (χ3v) is 4.73. The Kier molecular flexibility index (Phi) is 4.98. The highest BCUT2D eigenvalue weighted by Gasteiger charge is 2.20. The maximum Gasteiger partial charge on any atom is 0.318 e. The fraction of sp³-hybridized carbons (Fsp3) is 0.368. The highest BCUT2D eigenvalue weighted by molar-refractivity contribution is 5.77. The molecule has 0 aliphatic rings. The summed E-state index contributed by atoms with van der Waals surface area (Å²) in [4.78, 5) is 33.4. The van der Waals surface area contributed by atoms with Crippen molar-refractivity contribution in [3.8, 4) is 0 Å². The van der Waals surface area contributed by atoms with Crippen LogP contribution in [0.25, 0.3) is 10.9 Å². The van der Waals surface area contributed by atoms with Crippen LogP contribution in [0.4, 0.5) is 4.79 Å². The molecular formula is C19H24N6O2. The zero-order chi connectivity index (χ0) is 19.7. The zero-order valence-electron chi connectivity index (χ0n) is 16.2. The molecule has 8 nitrogen and oxygen atoms in total. The molecule has 142 valence electrons. The number of aryl methyl sites for hydroxylation is 2. The number of carbonyl (C=O) groups is 1. The summed E-state index contributed by atoms with van der Waals surface area (Å²) in [5.74, 6) is 0.442. The Labute approximate surface area is 157 Å². The standard InChI is InChI=1S/C19H24N6O2/c1-11(17-12(2)23-25(5)13(17)3)20-19(27)24(4)10-16-21-15-9-7-6-8-14(15)18(26)22-16/h6-9,11H,10H2,1-5H3,(H,20,27)(H,21,22,26)/t11-/m1/s1. The van der Waals surface area contributed by atoms with Crippen LogP contribution in [0.5, 0.6) is 0 Å². The van der Waals surface area contributed by atoms with Gasteiger partial charge in [-0.05, 0) is 32.9 Å². The molecule has 1 aromatic carbocycles. The normalized spacial score (nSPS) is 12.2. The van der Waals surface area contributed by atoms with Crippen molar-refractivity contribution in [1.29, 1.82) is 0 Å². The van der Waals surface area contributed by atoms with Crippen molar-refractivity contribution in [2.75, 3.05) is 7.05 Å². The van der Waals surface area contributed by atoms with E-state index in [1.165, 1.54) is 4.90 Å². The van der Waals surface area contributed by atoms with Gasteiger partial charge in [-0.1, -0.05) is 12.1 Å². The number of benzene rings is 1. The van der Waals surface area contributed by atoms with Crippen LogP contribution in [0.15, 0.2) is 29.1 Å². The zero-order valence-corrected chi connectivity index (χ0v) is 16.2. The Morgan fingerprint density at radius 3 is 2.70 bits per heavy atom. The third kappa shape index (κ3) is 3.69. The van der Waals surface area contributed by atoms with E-state index in [1.54, 1.807) is 29.9 Å². The second-order valence-corrected chi connectivity index (χ2v) is 6.77. The predicted octanol–water partition coefficient (Wildman–Crippen LogP) is 2.18. The van der Waals surface area contributed by atoms with E-state index < -0.39 is 0 Å². The molecule has 0 aliphatic heterocycles. The highest BCUT2D eigenvalue weighted by Crippen LogP contribution is 2.20. The van der Waals surface area contributed by atoms with Gasteiger partial charge in [0, 0.05) is 25.4 Å². The molecule has 2 heterocycles. The number of aromatic amines is 1. The number of hydrogen-bond acceptors (Lipinski definition) is 4. The molecule has 3 rings (SSSR count). The Morgan fingerprint density at radius 1 is 1.33 bits per heavy atom. The first-order chi connectivity index (χ1) is 12.8. The van der Waals surface area contributed by atoms with Crippen molar-refractivity contribution in [2.45, 2.75) is 33.4 Å². The van der Waals surface area contributed by atoms with Gasteiger partial charge < -0.3 is 15.2 Å². The molecule has 0 spiro atoms. The number of aromatic nitrogens is 4. The van der Waals surface area contributed by atoms with Crippen LogP contribution < -0.4 is 10.9 Å². The lowest BCUT2D eigenvalue weighted by atomic mass is 10.1. The summed E-state index contributed by atoms with van der Waals surface area (Å²) in [6, 6.07) is 6.70. The lowest BCUT2D eigenvalue weighted by molar-refractivity contribution is 0.202. The van der Waals surface area contributed by atoms with Gasteiger partial charge in [-0.25, -0.2) is 9.78 Å². The number of urea groups is 1. The Morgan fingerprint density at radius 2 is 2.04 bits per heavy atom. The van der Waals surface area contributed by atoms with Gasteiger partial charge >= 0.3 is 6.03 Å². The highest BCUT2D eigenvalue weighted by atomic mass is 16.2. The number of hydrogen-bond donors (Lipinski definition) is 2. The maximum absolute atomic E-state index is 12.6. The monoisotopic (exact) mass is 368 g/mol. The van der Waals surface area contributed by atoms with Crippen LogP contribution in [-0.4, -0.2) is 37.7 Å². The molecule has 27 heavy (non-hydrogen) atoms. The van der Waals surface area contributed by atoms with Crippen LogP contribution >= 0.6 is 0 Å². The van der Waals surface area contributed by atoms with Crippen LogP contribution in [-0.2, 0) is 13.6 Å². The molecule has 2 aromatic heterocycles. The van der Waals surface area contributed by atoms with Gasteiger partial charge in [0.2, 0.25) is 0 Å². The van der Waals surface area contributed by atoms with E-state index >= 15 is 0 Å². The van der Waals surface area contributed by atoms with Crippen molar-refractivity contribution >= 4 is 16.9 Å². The first-order valence-electron chi connectivity index (χ1n) is 8.77. The van der Waals surface area contributed by atoms with Gasteiger partial charge in [0.1, 0.15) is 5.82 Å². The van der Waals surface area contributed by atoms with Gasteiger partial charge in [-0.15, -0.1) is 0 Å². The van der Waals surface area contributed by atoms with Crippen LogP contribution in [0.3, 0.4) is 0 Å². The summed E-state index contributed by atoms with van der Waals surface area (Å²) in [5, 5.41) is 7.90. The summed E-state index contributed by atoms with van der Waals surface area (Å²) in [6.07, 6.45) is 0. The van der Waals surface area contributed by atoms with E-state index in [0.29, 0.717) is 16.7 Å². The summed E-state index contributed by atoms with van der Waals surface area (Å²) in [5.41, 5.74) is 3.32. The Bertz CT molecular complexity index is 1050. The first kappa shape index (κ1) is 18.6. The Hall–Kier alpha value is -3.16. The second-order valence-electron chi connectivity index (χ2n) is 6.77. The Balaban J connectivity index is 1.73. The number of carbonyl (C=O) groups excluding carboxylic acids is 1. The second kappa shape index (κ2) is 7.22. The first-order valence-corrected chi connectivity index (χ1v) is 8.77. The fourth-order valence-corrected chi connectivity index (χ4v) is 3.29. The number of amides is 2. The van der Waals surface area contributed by atoms with Gasteiger partial charge in [-0.3, -0.25) is 9.48 Å². The SMILES string of the molecule is Cc1nn(C)c(C)c1[C@@H](C)NC(=O)N(C)Cc1nc2ccccc2c(=O)[nH]1. The topological polar surface area (TPSA) is 95.9 Å². The number of nitrogens with one attached hydrogen (secondary N) is 2. The third-order valence-electron chi connectivity index (χ3n) is 4.73. The smallest absolute Gasteiger partial charge is 0.318 e. The van der Waals surface area contributed by atoms with E-state index in [0.717, 1.165) is 17.0 Å². The molecule has 8 heteroatoms. The summed E-state index contributed by atoms with van der Waals surface area (Å²) < 4.78 is 1.81. The van der Waals surface area contributed by atoms with E-state index in [9.17, 15) is 9.59 Å². The number of rotatable bonds is 4. The van der Waals surface area contributed by atoms with Gasteiger partial charge in [0.05, 0.1) is 29.2 Å². The number of fused-ring (bicyclic) bond motifs is 1. The van der Waals surface area contributed by atoms with Crippen molar-refractivity contribution in [1.82, 2.24) is 30.0 Å². The molecule has 0 unspecified atom stereocenters. The maximum atomic E-state index is 12.6. The molecule has 2 amide bonds. The number of para-hydroxylation sites is 1. The van der Waals surface area contributed by atoms with E-state index in [4.69, 9.17) is 0 Å². The molecule has 0 fully saturated rings. The van der Waals surface area contributed by atoms with Gasteiger partial charge in [0.15, 0.2) is 0 Å². The summed E-state index contributed by atoms with van der Waals surface area (Å²) >= 11 is 0. The lowest BCUT2D eigenvalue weighted by Gasteiger charge is -2.21. The quantitative estimate of drug-likeness (QED) is 0.738. The van der Waals surface area contributed by atoms with Gasteiger partial charge in [-0.2, -0.15) is 5.10 Å². The summed E-state index contributed by atoms with van der Waals surface area (Å²) in [7, 11) is 3.55. The average molecular weight is 368 g/mol. The minimum absolute atomic E-state index is 0.183. The van der Waals surface area contributed by atoms with Crippen molar-refractivity contribution in [3.05, 3.63) is 57.4 Å². The number of nitrogens with zero attached hydrogens (tertiary/aromatic N) is 4. The molecule has 0 saturated heterocycles. The molecule has 3 aromatic rings. The molecule has 1 atom stereocenters. The molecule has 0 radical (unpaired) electrons. The molecule has 2 N–H and O–H groups in total. The predicted molar refractivity (Wildman–Crippen MR) is 103 cm³/mol. The van der Waals surface area contributed by atoms with E-state index in [2.05, 4.69) is 20.4 Å². The van der Waals surface area contributed by atoms with Crippen molar-refractivity contribution in [2.24, 2.45) is 7.05 Å². The molecule has 0 aliphatic carbocycles. The van der Waals surface area contributed by atoms with Crippen LogP contribution in [0, 0.1) is 13.8 Å². The van der Waals surface area contributed by atoms with Crippen LogP contribution in [0.1, 0.15) is 35.7 Å². The minimum Gasteiger partial charge on any atom is -0.331 e. The molecular weight excluding hydrogens is 344 g/mol. The number of H-pyrrole nitrogens is 1. The van der Waals surface area contributed by atoms with Crippen molar-refractivity contribution in [3.63, 3.8) is 0 Å². The van der Waals surface area contributed by atoms with Crippen molar-refractivity contribution < 1.29 is 4.79 Å². The van der Waals surface area contributed by atoms with E-state index in [-0.39, 0.29) is 24.2 Å². The minimum atomic E-state index is -0.249. The summed E-state index contributed by atoms with van der Waals surface area (Å²) in [6.45, 7) is 6.03. The average Bonchev–Trinajstić information content (AvgIpc) is 2.87. The largest absolute Gasteiger partial charge is 0.331 e. The van der Waals surface area contributed by atoms with Crippen LogP contribution in [0.2, 0.25) is 0 Å². The fourth-order valence-electron chi connectivity index (χ4n) is 3.29. The van der Waals surface area contributed by atoms with Gasteiger partial charge in [0.25, 0.3) is 5.56 Å². The van der Waals surface area contributed by atoms with E-state index in [1.807, 2.05) is 33.9 Å². The lowest BCUT2D eigenvalue weighted by Crippen LogP contribution is -2.39. The molecule has 0 bridgehead atoms.